The third kappa shape index (κ3) is 1.90. The van der Waals surface area contributed by atoms with Gasteiger partial charge in [0.25, 0.3) is 0 Å². The van der Waals surface area contributed by atoms with E-state index in [1.54, 1.807) is 0 Å². The van der Waals surface area contributed by atoms with Gasteiger partial charge in [0.2, 0.25) is 5.91 Å². The average molecular weight is 277 g/mol. The van der Waals surface area contributed by atoms with Crippen molar-refractivity contribution >= 4 is 5.91 Å². The van der Waals surface area contributed by atoms with Crippen LogP contribution in [0.15, 0.2) is 48.5 Å². The minimum absolute atomic E-state index is 0.0441. The molecule has 1 aliphatic heterocycles. The Hall–Kier alpha value is -2.09. The maximum atomic E-state index is 11.7. The van der Waals surface area contributed by atoms with Gasteiger partial charge in [-0.1, -0.05) is 48.5 Å². The number of hydrogen-bond donors (Lipinski definition) is 1. The van der Waals surface area contributed by atoms with E-state index in [-0.39, 0.29) is 11.3 Å². The van der Waals surface area contributed by atoms with E-state index in [9.17, 15) is 4.79 Å². The van der Waals surface area contributed by atoms with E-state index in [2.05, 4.69) is 53.8 Å². The number of aryl methyl sites for hydroxylation is 2. The number of amides is 1. The summed E-state index contributed by atoms with van der Waals surface area (Å²) in [6.45, 7) is 0.722. The lowest BCUT2D eigenvalue weighted by molar-refractivity contribution is -0.123. The summed E-state index contributed by atoms with van der Waals surface area (Å²) < 4.78 is 0. The van der Waals surface area contributed by atoms with Crippen LogP contribution in [0, 0.1) is 0 Å². The van der Waals surface area contributed by atoms with Gasteiger partial charge in [-0.3, -0.25) is 4.79 Å². The van der Waals surface area contributed by atoms with E-state index in [4.69, 9.17) is 0 Å². The third-order valence-corrected chi connectivity index (χ3v) is 5.10. The lowest BCUT2D eigenvalue weighted by Gasteiger charge is -2.39. The summed E-state index contributed by atoms with van der Waals surface area (Å²) in [5.41, 5.74) is 5.65. The van der Waals surface area contributed by atoms with Crippen LogP contribution >= 0.6 is 0 Å². The third-order valence-electron chi connectivity index (χ3n) is 5.10. The number of carbonyl (C=O) groups excluding carboxylic acids is 1. The van der Waals surface area contributed by atoms with Crippen molar-refractivity contribution in [2.45, 2.75) is 31.1 Å². The van der Waals surface area contributed by atoms with Crippen LogP contribution in [-0.4, -0.2) is 12.5 Å². The van der Waals surface area contributed by atoms with Crippen LogP contribution in [0.4, 0.5) is 0 Å². The Morgan fingerprint density at radius 1 is 0.810 bits per heavy atom. The SMILES string of the molecule is O=C1CCC2(CN1)c1ccccc1CCc1ccccc12. The molecule has 1 N–H and O–H groups in total. The van der Waals surface area contributed by atoms with Crippen molar-refractivity contribution in [3.63, 3.8) is 0 Å². The maximum absolute atomic E-state index is 11.7. The number of hydrogen-bond acceptors (Lipinski definition) is 1. The Labute approximate surface area is 125 Å². The highest BCUT2D eigenvalue weighted by atomic mass is 16.1. The molecule has 1 aliphatic carbocycles. The zero-order valence-corrected chi connectivity index (χ0v) is 12.1. The van der Waals surface area contributed by atoms with E-state index in [0.29, 0.717) is 6.42 Å². The van der Waals surface area contributed by atoms with Crippen LogP contribution in [0.1, 0.15) is 35.1 Å². The van der Waals surface area contributed by atoms with Gasteiger partial charge < -0.3 is 5.32 Å². The van der Waals surface area contributed by atoms with Crippen LogP contribution in [-0.2, 0) is 23.1 Å². The van der Waals surface area contributed by atoms with Gasteiger partial charge in [0.05, 0.1) is 0 Å². The van der Waals surface area contributed by atoms with Crippen molar-refractivity contribution < 1.29 is 4.79 Å². The molecule has 2 aromatic carbocycles. The summed E-state index contributed by atoms with van der Waals surface area (Å²) >= 11 is 0. The fourth-order valence-corrected chi connectivity index (χ4v) is 4.04. The number of rotatable bonds is 0. The summed E-state index contributed by atoms with van der Waals surface area (Å²) in [5, 5.41) is 3.11. The molecule has 1 spiro atoms. The standard InChI is InChI=1S/C19H19NO/c21-18-11-12-19(13-20-18)16-7-3-1-5-14(16)9-10-15-6-2-4-8-17(15)19/h1-8H,9-13H2,(H,20,21). The van der Waals surface area contributed by atoms with Gasteiger partial charge in [0, 0.05) is 18.4 Å². The van der Waals surface area contributed by atoms with Crippen LogP contribution in [0.2, 0.25) is 0 Å². The smallest absolute Gasteiger partial charge is 0.220 e. The molecule has 2 nitrogen and oxygen atoms in total. The summed E-state index contributed by atoms with van der Waals surface area (Å²) in [4.78, 5) is 11.7. The van der Waals surface area contributed by atoms with E-state index in [0.717, 1.165) is 25.8 Å². The maximum Gasteiger partial charge on any atom is 0.220 e. The Kier molecular flexibility index (Phi) is 2.85. The monoisotopic (exact) mass is 277 g/mol. The molecule has 0 radical (unpaired) electrons. The number of fused-ring (bicyclic) bond motifs is 4. The van der Waals surface area contributed by atoms with Gasteiger partial charge in [0.1, 0.15) is 0 Å². The molecular weight excluding hydrogens is 258 g/mol. The number of nitrogens with one attached hydrogen (secondary N) is 1. The first-order valence-electron chi connectivity index (χ1n) is 7.73. The minimum atomic E-state index is -0.0441. The topological polar surface area (TPSA) is 29.1 Å². The molecule has 0 saturated carbocycles. The van der Waals surface area contributed by atoms with Crippen molar-refractivity contribution in [2.75, 3.05) is 6.54 Å². The molecule has 2 aliphatic rings. The van der Waals surface area contributed by atoms with Crippen molar-refractivity contribution in [1.82, 2.24) is 5.32 Å². The van der Waals surface area contributed by atoms with E-state index in [1.807, 2.05) is 0 Å². The molecule has 1 amide bonds. The first-order valence-corrected chi connectivity index (χ1v) is 7.73. The molecule has 0 aromatic heterocycles. The number of carbonyl (C=O) groups is 1. The predicted molar refractivity (Wildman–Crippen MR) is 83.3 cm³/mol. The molecular formula is C19H19NO. The Balaban J connectivity index is 1.96. The van der Waals surface area contributed by atoms with Gasteiger partial charge in [0.15, 0.2) is 0 Å². The fraction of sp³-hybridized carbons (Fsp3) is 0.316. The minimum Gasteiger partial charge on any atom is -0.355 e. The summed E-state index contributed by atoms with van der Waals surface area (Å²) in [7, 11) is 0. The molecule has 4 rings (SSSR count). The Morgan fingerprint density at radius 3 is 1.90 bits per heavy atom. The molecule has 1 heterocycles. The number of benzene rings is 2. The van der Waals surface area contributed by atoms with Gasteiger partial charge in [-0.15, -0.1) is 0 Å². The van der Waals surface area contributed by atoms with E-state index >= 15 is 0 Å². The molecule has 0 atom stereocenters. The van der Waals surface area contributed by atoms with Crippen LogP contribution < -0.4 is 5.32 Å². The average Bonchev–Trinajstić information content (AvgIpc) is 2.67. The van der Waals surface area contributed by atoms with Gasteiger partial charge in [-0.25, -0.2) is 0 Å². The normalized spacial score (nSPS) is 19.3. The van der Waals surface area contributed by atoms with Crippen molar-refractivity contribution in [1.29, 1.82) is 0 Å². The molecule has 1 fully saturated rings. The first-order chi connectivity index (χ1) is 10.3. The van der Waals surface area contributed by atoms with Crippen molar-refractivity contribution in [2.24, 2.45) is 0 Å². The highest BCUT2D eigenvalue weighted by Crippen LogP contribution is 2.43. The quantitative estimate of drug-likeness (QED) is 0.788. The second kappa shape index (κ2) is 4.73. The van der Waals surface area contributed by atoms with Crippen LogP contribution in [0.3, 0.4) is 0 Å². The summed E-state index contributed by atoms with van der Waals surface area (Å²) in [5.74, 6) is 0.180. The Morgan fingerprint density at radius 2 is 1.38 bits per heavy atom. The second-order valence-corrected chi connectivity index (χ2v) is 6.17. The van der Waals surface area contributed by atoms with E-state index < -0.39 is 0 Å². The van der Waals surface area contributed by atoms with Gasteiger partial charge >= 0.3 is 0 Å². The predicted octanol–water partition coefficient (Wildman–Crippen LogP) is 2.98. The van der Waals surface area contributed by atoms with Crippen molar-refractivity contribution in [3.8, 4) is 0 Å². The molecule has 21 heavy (non-hydrogen) atoms. The van der Waals surface area contributed by atoms with Gasteiger partial charge in [-0.05, 0) is 41.5 Å². The lowest BCUT2D eigenvalue weighted by Crippen LogP contribution is -2.47. The zero-order valence-electron chi connectivity index (χ0n) is 12.1. The summed E-state index contributed by atoms with van der Waals surface area (Å²) in [6.07, 6.45) is 3.70. The molecule has 2 heteroatoms. The highest BCUT2D eigenvalue weighted by molar-refractivity contribution is 5.78. The molecule has 2 aromatic rings. The molecule has 106 valence electrons. The van der Waals surface area contributed by atoms with Crippen molar-refractivity contribution in [3.05, 3.63) is 70.8 Å². The summed E-state index contributed by atoms with van der Waals surface area (Å²) in [6, 6.07) is 17.5. The highest BCUT2D eigenvalue weighted by Gasteiger charge is 2.41. The van der Waals surface area contributed by atoms with E-state index in [1.165, 1.54) is 22.3 Å². The van der Waals surface area contributed by atoms with Gasteiger partial charge in [-0.2, -0.15) is 0 Å². The molecule has 0 unspecified atom stereocenters. The second-order valence-electron chi connectivity index (χ2n) is 6.17. The molecule has 1 saturated heterocycles. The lowest BCUT2D eigenvalue weighted by atomic mass is 9.68. The largest absolute Gasteiger partial charge is 0.355 e. The Bertz CT molecular complexity index is 645. The zero-order chi connectivity index (χ0) is 14.3. The van der Waals surface area contributed by atoms with Crippen LogP contribution in [0.5, 0.6) is 0 Å². The van der Waals surface area contributed by atoms with Crippen LogP contribution in [0.25, 0.3) is 0 Å². The number of piperidine rings is 1. The first kappa shape index (κ1) is 12.6. The molecule has 0 bridgehead atoms. The fourth-order valence-electron chi connectivity index (χ4n) is 4.04.